The Bertz CT molecular complexity index is 887. The number of alkyl halides is 2. The van der Waals surface area contributed by atoms with Gasteiger partial charge in [-0.2, -0.15) is 8.78 Å². The number of carbonyl (C=O) groups is 1. The number of rotatable bonds is 9. The molecule has 31 heavy (non-hydrogen) atoms. The molecule has 2 aromatic carbocycles. The topological polar surface area (TPSA) is 74.8 Å². The number of nitrogens with one attached hydrogen (secondary N) is 3. The predicted octanol–water partition coefficient (Wildman–Crippen LogP) is 3.72. The molecule has 6 nitrogen and oxygen atoms in total. The van der Waals surface area contributed by atoms with Crippen molar-refractivity contribution < 1.29 is 22.7 Å². The van der Waals surface area contributed by atoms with Gasteiger partial charge in [0.25, 0.3) is 0 Å². The van der Waals surface area contributed by atoms with Crippen molar-refractivity contribution in [2.24, 2.45) is 4.99 Å². The van der Waals surface area contributed by atoms with Crippen molar-refractivity contribution in [3.8, 4) is 5.75 Å². The summed E-state index contributed by atoms with van der Waals surface area (Å²) in [5.74, 6) is -0.212. The van der Waals surface area contributed by atoms with Gasteiger partial charge in [-0.25, -0.2) is 4.39 Å². The second kappa shape index (κ2) is 14.0. The molecular formula is C20H23ClF3IN4O2. The third-order valence-corrected chi connectivity index (χ3v) is 4.14. The van der Waals surface area contributed by atoms with Crippen LogP contribution in [0.2, 0.25) is 5.02 Å². The first kappa shape index (κ1) is 26.8. The summed E-state index contributed by atoms with van der Waals surface area (Å²) in [4.78, 5) is 15.9. The molecule has 0 aliphatic rings. The Morgan fingerprint density at radius 3 is 2.55 bits per heavy atom. The number of carbonyl (C=O) groups excluding carboxylic acids is 1. The summed E-state index contributed by atoms with van der Waals surface area (Å²) in [5.41, 5.74) is 1.02. The number of guanidine groups is 1. The number of benzene rings is 2. The highest BCUT2D eigenvalue weighted by molar-refractivity contribution is 14.0. The molecule has 0 spiro atoms. The van der Waals surface area contributed by atoms with E-state index >= 15 is 0 Å². The number of aliphatic imine (C=N–C) groups is 1. The van der Waals surface area contributed by atoms with E-state index in [2.05, 4.69) is 25.7 Å². The van der Waals surface area contributed by atoms with Gasteiger partial charge in [0.2, 0.25) is 5.91 Å². The van der Waals surface area contributed by atoms with Gasteiger partial charge in [0.05, 0.1) is 6.42 Å². The Morgan fingerprint density at radius 1 is 1.13 bits per heavy atom. The Morgan fingerprint density at radius 2 is 1.87 bits per heavy atom. The minimum Gasteiger partial charge on any atom is -0.434 e. The lowest BCUT2D eigenvalue weighted by molar-refractivity contribution is -0.120. The fourth-order valence-electron chi connectivity index (χ4n) is 2.57. The first-order chi connectivity index (χ1) is 14.4. The minimum absolute atomic E-state index is 0. The maximum atomic E-state index is 13.1. The van der Waals surface area contributed by atoms with Crippen LogP contribution >= 0.6 is 35.6 Å². The summed E-state index contributed by atoms with van der Waals surface area (Å²) in [6, 6.07) is 10.2. The van der Waals surface area contributed by atoms with Crippen LogP contribution in [0.15, 0.2) is 47.5 Å². The second-order valence-electron chi connectivity index (χ2n) is 6.14. The summed E-state index contributed by atoms with van der Waals surface area (Å²) in [5, 5.41) is 9.05. The van der Waals surface area contributed by atoms with Gasteiger partial charge >= 0.3 is 6.61 Å². The van der Waals surface area contributed by atoms with Crippen molar-refractivity contribution in [1.29, 1.82) is 0 Å². The van der Waals surface area contributed by atoms with Crippen LogP contribution in [0.4, 0.5) is 13.2 Å². The standard InChI is InChI=1S/C20H22ClF3N4O2.HI/c1-25-20(28-12-14-11-15(21)5-6-17(14)30-19(23)24)27-8-7-26-18(29)10-13-3-2-4-16(22)9-13;/h2-6,9,11,19H,7-8,10,12H2,1H3,(H,26,29)(H2,25,27,28);1H. The summed E-state index contributed by atoms with van der Waals surface area (Å²) in [6.07, 6.45) is 0.0758. The average Bonchev–Trinajstić information content (AvgIpc) is 2.69. The van der Waals surface area contributed by atoms with E-state index in [0.717, 1.165) is 0 Å². The molecule has 0 saturated heterocycles. The number of nitrogens with zero attached hydrogens (tertiary/aromatic N) is 1. The average molecular weight is 571 g/mol. The SMILES string of the molecule is CN=C(NCCNC(=O)Cc1cccc(F)c1)NCc1cc(Cl)ccc1OC(F)F.I. The van der Waals surface area contributed by atoms with Crippen molar-refractivity contribution in [2.75, 3.05) is 20.1 Å². The van der Waals surface area contributed by atoms with Gasteiger partial charge in [-0.05, 0) is 35.9 Å². The molecule has 11 heteroatoms. The summed E-state index contributed by atoms with van der Waals surface area (Å²) in [6.45, 7) is -2.12. The molecule has 0 aliphatic heterocycles. The number of hydrogen-bond acceptors (Lipinski definition) is 3. The summed E-state index contributed by atoms with van der Waals surface area (Å²) in [7, 11) is 1.55. The smallest absolute Gasteiger partial charge is 0.387 e. The Kier molecular flexibility index (Phi) is 12.1. The first-order valence-electron chi connectivity index (χ1n) is 9.06. The van der Waals surface area contributed by atoms with Crippen molar-refractivity contribution in [3.63, 3.8) is 0 Å². The van der Waals surface area contributed by atoms with Gasteiger partial charge in [-0.1, -0.05) is 23.7 Å². The fraction of sp³-hybridized carbons (Fsp3) is 0.300. The van der Waals surface area contributed by atoms with E-state index < -0.39 is 12.4 Å². The Hall–Kier alpha value is -2.21. The molecule has 0 saturated carbocycles. The van der Waals surface area contributed by atoms with Crippen molar-refractivity contribution >= 4 is 47.4 Å². The number of hydrogen-bond donors (Lipinski definition) is 3. The van der Waals surface area contributed by atoms with Gasteiger partial charge in [0.1, 0.15) is 11.6 Å². The second-order valence-corrected chi connectivity index (χ2v) is 6.58. The van der Waals surface area contributed by atoms with E-state index in [0.29, 0.717) is 35.2 Å². The normalized spacial score (nSPS) is 11.0. The highest BCUT2D eigenvalue weighted by Gasteiger charge is 2.11. The number of halogens is 5. The van der Waals surface area contributed by atoms with E-state index in [1.165, 1.54) is 30.3 Å². The highest BCUT2D eigenvalue weighted by atomic mass is 127. The zero-order valence-electron chi connectivity index (χ0n) is 16.6. The molecule has 0 heterocycles. The molecule has 170 valence electrons. The molecule has 1 amide bonds. The van der Waals surface area contributed by atoms with Crippen LogP contribution in [0, 0.1) is 5.82 Å². The molecule has 0 atom stereocenters. The van der Waals surface area contributed by atoms with Gasteiger partial charge in [-0.3, -0.25) is 9.79 Å². The van der Waals surface area contributed by atoms with E-state index in [9.17, 15) is 18.0 Å². The zero-order chi connectivity index (χ0) is 21.9. The lowest BCUT2D eigenvalue weighted by Gasteiger charge is -2.15. The largest absolute Gasteiger partial charge is 0.434 e. The molecule has 0 fully saturated rings. The van der Waals surface area contributed by atoms with Crippen molar-refractivity contribution in [1.82, 2.24) is 16.0 Å². The maximum Gasteiger partial charge on any atom is 0.387 e. The molecular weight excluding hydrogens is 548 g/mol. The summed E-state index contributed by atoms with van der Waals surface area (Å²) < 4.78 is 42.7. The van der Waals surface area contributed by atoms with E-state index in [4.69, 9.17) is 11.6 Å². The summed E-state index contributed by atoms with van der Waals surface area (Å²) >= 11 is 5.92. The van der Waals surface area contributed by atoms with Crippen LogP contribution in [0.3, 0.4) is 0 Å². The lowest BCUT2D eigenvalue weighted by Crippen LogP contribution is -2.41. The van der Waals surface area contributed by atoms with Crippen molar-refractivity contribution in [3.05, 3.63) is 64.4 Å². The zero-order valence-corrected chi connectivity index (χ0v) is 19.7. The first-order valence-corrected chi connectivity index (χ1v) is 9.44. The Balaban J connectivity index is 0.00000480. The molecule has 2 aromatic rings. The highest BCUT2D eigenvalue weighted by Crippen LogP contribution is 2.24. The van der Waals surface area contributed by atoms with E-state index in [-0.39, 0.29) is 48.6 Å². The fourth-order valence-corrected chi connectivity index (χ4v) is 2.77. The number of amides is 1. The van der Waals surface area contributed by atoms with Crippen molar-refractivity contribution in [2.45, 2.75) is 19.6 Å². The number of ether oxygens (including phenoxy) is 1. The third-order valence-electron chi connectivity index (χ3n) is 3.90. The molecule has 0 aliphatic carbocycles. The monoisotopic (exact) mass is 570 g/mol. The van der Waals surface area contributed by atoms with Crippen LogP contribution in [-0.2, 0) is 17.8 Å². The van der Waals surface area contributed by atoms with Crippen LogP contribution in [0.1, 0.15) is 11.1 Å². The van der Waals surface area contributed by atoms with Crippen LogP contribution in [-0.4, -0.2) is 38.6 Å². The Labute approximate surface area is 200 Å². The van der Waals surface area contributed by atoms with Crippen LogP contribution in [0.5, 0.6) is 5.75 Å². The predicted molar refractivity (Wildman–Crippen MR) is 125 cm³/mol. The van der Waals surface area contributed by atoms with Gasteiger partial charge < -0.3 is 20.7 Å². The lowest BCUT2D eigenvalue weighted by atomic mass is 10.1. The molecule has 0 unspecified atom stereocenters. The van der Waals surface area contributed by atoms with Crippen LogP contribution in [0.25, 0.3) is 0 Å². The van der Waals surface area contributed by atoms with Crippen LogP contribution < -0.4 is 20.7 Å². The van der Waals surface area contributed by atoms with Gasteiger partial charge in [0.15, 0.2) is 5.96 Å². The maximum absolute atomic E-state index is 13.1. The minimum atomic E-state index is -2.95. The van der Waals surface area contributed by atoms with Gasteiger partial charge in [-0.15, -0.1) is 24.0 Å². The van der Waals surface area contributed by atoms with E-state index in [1.54, 1.807) is 19.2 Å². The molecule has 2 rings (SSSR count). The molecule has 3 N–H and O–H groups in total. The molecule has 0 bridgehead atoms. The quantitative estimate of drug-likeness (QED) is 0.186. The molecule has 0 radical (unpaired) electrons. The van der Waals surface area contributed by atoms with Gasteiger partial charge in [0, 0.05) is 37.3 Å². The van der Waals surface area contributed by atoms with E-state index in [1.807, 2.05) is 0 Å². The molecule has 0 aromatic heterocycles. The third kappa shape index (κ3) is 10.1.